The lowest BCUT2D eigenvalue weighted by atomic mass is 10.1. The number of carbonyl (C=O) groups excluding carboxylic acids is 1. The van der Waals surface area contributed by atoms with Gasteiger partial charge in [-0.05, 0) is 42.8 Å². The van der Waals surface area contributed by atoms with Crippen molar-refractivity contribution < 1.29 is 17.6 Å². The summed E-state index contributed by atoms with van der Waals surface area (Å²) in [6.07, 6.45) is 0. The van der Waals surface area contributed by atoms with E-state index in [-0.39, 0.29) is 42.5 Å². The van der Waals surface area contributed by atoms with Gasteiger partial charge in [0, 0.05) is 36.2 Å². The van der Waals surface area contributed by atoms with Crippen molar-refractivity contribution in [2.24, 2.45) is 0 Å². The number of aryl methyl sites for hydroxylation is 1. The Kier molecular flexibility index (Phi) is 5.45. The Morgan fingerprint density at radius 2 is 1.77 bits per heavy atom. The molecule has 2 aromatic rings. The molecule has 0 atom stereocenters. The fraction of sp³-hybridized carbons (Fsp3) is 0.278. The minimum atomic E-state index is -3.61. The summed E-state index contributed by atoms with van der Waals surface area (Å²) in [7, 11) is -3.61. The number of piperazine rings is 1. The second kappa shape index (κ2) is 7.46. The van der Waals surface area contributed by atoms with Gasteiger partial charge in [0.2, 0.25) is 10.0 Å². The van der Waals surface area contributed by atoms with Gasteiger partial charge in [0.15, 0.2) is 0 Å². The molecule has 0 aromatic heterocycles. The summed E-state index contributed by atoms with van der Waals surface area (Å²) in [5, 5.41) is 0. The summed E-state index contributed by atoms with van der Waals surface area (Å²) in [5.74, 6) is -0.713. The summed E-state index contributed by atoms with van der Waals surface area (Å²) in [6, 6.07) is 10.9. The van der Waals surface area contributed by atoms with Crippen LogP contribution in [0.2, 0.25) is 0 Å². The van der Waals surface area contributed by atoms with E-state index < -0.39 is 15.8 Å². The van der Waals surface area contributed by atoms with E-state index in [0.717, 1.165) is 0 Å². The third kappa shape index (κ3) is 3.82. The predicted molar refractivity (Wildman–Crippen MR) is 99.9 cm³/mol. The fourth-order valence-corrected chi connectivity index (χ4v) is 4.84. The highest BCUT2D eigenvalue weighted by Gasteiger charge is 2.30. The first kappa shape index (κ1) is 19.0. The van der Waals surface area contributed by atoms with Crippen LogP contribution in [-0.4, -0.2) is 49.7 Å². The van der Waals surface area contributed by atoms with E-state index in [0.29, 0.717) is 10.0 Å². The van der Waals surface area contributed by atoms with Gasteiger partial charge in [0.05, 0.1) is 4.90 Å². The molecule has 1 amide bonds. The highest BCUT2D eigenvalue weighted by atomic mass is 79.9. The number of carbonyl (C=O) groups is 1. The van der Waals surface area contributed by atoms with Crippen molar-refractivity contribution in [3.8, 4) is 0 Å². The summed E-state index contributed by atoms with van der Waals surface area (Å²) in [6.45, 7) is 2.57. The average Bonchev–Trinajstić information content (AvgIpc) is 2.63. The molecular weight excluding hydrogens is 423 g/mol. The second-order valence-corrected chi connectivity index (χ2v) is 8.97. The monoisotopic (exact) mass is 440 g/mol. The molecule has 26 heavy (non-hydrogen) atoms. The molecule has 1 heterocycles. The largest absolute Gasteiger partial charge is 0.336 e. The van der Waals surface area contributed by atoms with Crippen LogP contribution in [0.5, 0.6) is 0 Å². The maximum atomic E-state index is 13.7. The molecule has 0 spiro atoms. The van der Waals surface area contributed by atoms with Gasteiger partial charge in [-0.1, -0.05) is 28.1 Å². The summed E-state index contributed by atoms with van der Waals surface area (Å²) < 4.78 is 41.2. The third-order valence-electron chi connectivity index (χ3n) is 4.38. The lowest BCUT2D eigenvalue weighted by Gasteiger charge is -2.34. The Bertz CT molecular complexity index is 941. The van der Waals surface area contributed by atoms with Crippen molar-refractivity contribution in [3.63, 3.8) is 0 Å². The zero-order valence-electron chi connectivity index (χ0n) is 14.2. The average molecular weight is 441 g/mol. The maximum absolute atomic E-state index is 13.7. The summed E-state index contributed by atoms with van der Waals surface area (Å²) in [4.78, 5) is 14.3. The first-order valence-electron chi connectivity index (χ1n) is 8.10. The van der Waals surface area contributed by atoms with E-state index in [4.69, 9.17) is 0 Å². The first-order chi connectivity index (χ1) is 12.3. The topological polar surface area (TPSA) is 57.7 Å². The Hall–Kier alpha value is -1.77. The zero-order chi connectivity index (χ0) is 18.9. The fourth-order valence-electron chi connectivity index (χ4n) is 2.82. The SMILES string of the molecule is Cc1ccc(C(=O)N2CCN(S(=O)(=O)c3cccc(Br)c3)CC2)cc1F. The molecule has 2 aromatic carbocycles. The van der Waals surface area contributed by atoms with Crippen LogP contribution in [0.1, 0.15) is 15.9 Å². The smallest absolute Gasteiger partial charge is 0.254 e. The van der Waals surface area contributed by atoms with Crippen LogP contribution in [-0.2, 0) is 10.0 Å². The number of amides is 1. The molecule has 8 heteroatoms. The van der Waals surface area contributed by atoms with Gasteiger partial charge in [0.25, 0.3) is 5.91 Å². The van der Waals surface area contributed by atoms with Crippen LogP contribution in [0.15, 0.2) is 51.8 Å². The lowest BCUT2D eigenvalue weighted by Crippen LogP contribution is -2.50. The molecular formula is C18H18BrFN2O3S. The molecule has 0 unspecified atom stereocenters. The van der Waals surface area contributed by atoms with Crippen LogP contribution in [0.3, 0.4) is 0 Å². The number of halogens is 2. The van der Waals surface area contributed by atoms with Gasteiger partial charge in [-0.2, -0.15) is 4.31 Å². The van der Waals surface area contributed by atoms with Crippen molar-refractivity contribution in [3.05, 3.63) is 63.9 Å². The molecule has 0 radical (unpaired) electrons. The van der Waals surface area contributed by atoms with Gasteiger partial charge >= 0.3 is 0 Å². The minimum absolute atomic E-state index is 0.203. The van der Waals surface area contributed by atoms with Gasteiger partial charge in [-0.15, -0.1) is 0 Å². The molecule has 1 aliphatic heterocycles. The second-order valence-electron chi connectivity index (χ2n) is 6.12. The molecule has 1 aliphatic rings. The summed E-state index contributed by atoms with van der Waals surface area (Å²) >= 11 is 3.28. The van der Waals surface area contributed by atoms with Gasteiger partial charge in [0.1, 0.15) is 5.82 Å². The van der Waals surface area contributed by atoms with Gasteiger partial charge in [-0.25, -0.2) is 12.8 Å². The van der Waals surface area contributed by atoms with Crippen molar-refractivity contribution in [2.75, 3.05) is 26.2 Å². The number of benzene rings is 2. The Labute approximate surface area is 160 Å². The van der Waals surface area contributed by atoms with Crippen molar-refractivity contribution in [1.29, 1.82) is 0 Å². The van der Waals surface area contributed by atoms with Gasteiger partial charge < -0.3 is 4.90 Å². The number of sulfonamides is 1. The molecule has 0 N–H and O–H groups in total. The normalized spacial score (nSPS) is 15.9. The van der Waals surface area contributed by atoms with E-state index in [1.807, 2.05) is 0 Å². The van der Waals surface area contributed by atoms with Crippen molar-refractivity contribution >= 4 is 31.9 Å². The standard InChI is InChI=1S/C18H18BrFN2O3S/c1-13-5-6-14(11-17(13)20)18(23)21-7-9-22(10-8-21)26(24,25)16-4-2-3-15(19)12-16/h2-6,11-12H,7-10H2,1H3. The Morgan fingerprint density at radius 1 is 1.08 bits per heavy atom. The van der Waals surface area contributed by atoms with E-state index >= 15 is 0 Å². The van der Waals surface area contributed by atoms with E-state index in [1.165, 1.54) is 10.4 Å². The molecule has 0 bridgehead atoms. The zero-order valence-corrected chi connectivity index (χ0v) is 16.6. The van der Waals surface area contributed by atoms with E-state index in [2.05, 4.69) is 15.9 Å². The minimum Gasteiger partial charge on any atom is -0.336 e. The van der Waals surface area contributed by atoms with Crippen LogP contribution in [0.25, 0.3) is 0 Å². The number of hydrogen-bond donors (Lipinski definition) is 0. The number of rotatable bonds is 3. The van der Waals surface area contributed by atoms with Crippen LogP contribution in [0, 0.1) is 12.7 Å². The van der Waals surface area contributed by atoms with Crippen molar-refractivity contribution in [1.82, 2.24) is 9.21 Å². The quantitative estimate of drug-likeness (QED) is 0.736. The van der Waals surface area contributed by atoms with Crippen LogP contribution in [0.4, 0.5) is 4.39 Å². The third-order valence-corrected chi connectivity index (χ3v) is 6.77. The van der Waals surface area contributed by atoms with E-state index in [9.17, 15) is 17.6 Å². The first-order valence-corrected chi connectivity index (χ1v) is 10.3. The molecule has 138 valence electrons. The molecule has 0 saturated carbocycles. The molecule has 5 nitrogen and oxygen atoms in total. The van der Waals surface area contributed by atoms with Crippen LogP contribution < -0.4 is 0 Å². The molecule has 0 aliphatic carbocycles. The number of nitrogens with zero attached hydrogens (tertiary/aromatic N) is 2. The van der Waals surface area contributed by atoms with Crippen LogP contribution >= 0.6 is 15.9 Å². The lowest BCUT2D eigenvalue weighted by molar-refractivity contribution is 0.0697. The highest BCUT2D eigenvalue weighted by molar-refractivity contribution is 9.10. The highest BCUT2D eigenvalue weighted by Crippen LogP contribution is 2.22. The van der Waals surface area contributed by atoms with E-state index in [1.54, 1.807) is 48.2 Å². The molecule has 3 rings (SSSR count). The summed E-state index contributed by atoms with van der Waals surface area (Å²) in [5.41, 5.74) is 0.753. The molecule has 1 fully saturated rings. The Morgan fingerprint density at radius 3 is 2.38 bits per heavy atom. The maximum Gasteiger partial charge on any atom is 0.254 e. The predicted octanol–water partition coefficient (Wildman–Crippen LogP) is 3.04. The van der Waals surface area contributed by atoms with Gasteiger partial charge in [-0.3, -0.25) is 4.79 Å². The Balaban J connectivity index is 1.70. The van der Waals surface area contributed by atoms with Crippen molar-refractivity contribution in [2.45, 2.75) is 11.8 Å². The molecule has 1 saturated heterocycles. The number of hydrogen-bond acceptors (Lipinski definition) is 3.